The van der Waals surface area contributed by atoms with Crippen molar-refractivity contribution in [2.75, 3.05) is 19.7 Å². The SMILES string of the molecule is CCOC(=O)[C@]12CCC[C@]3(CC=CC[C@@]31O)CN([C@@H](C)c1ccccc1)C2. The number of nitrogens with zero attached hydrogens (tertiary/aromatic N) is 1. The first-order valence-electron chi connectivity index (χ1n) is 10.3. The Labute approximate surface area is 162 Å². The molecule has 2 fully saturated rings. The summed E-state index contributed by atoms with van der Waals surface area (Å²) in [6.07, 6.45) is 8.30. The van der Waals surface area contributed by atoms with Crippen molar-refractivity contribution < 1.29 is 14.6 Å². The zero-order chi connectivity index (χ0) is 19.1. The Morgan fingerprint density at radius 3 is 2.67 bits per heavy atom. The number of carbonyl (C=O) groups excluding carboxylic acids is 1. The van der Waals surface area contributed by atoms with Gasteiger partial charge in [-0.05, 0) is 45.1 Å². The molecular weight excluding hydrogens is 338 g/mol. The lowest BCUT2D eigenvalue weighted by atomic mass is 9.45. The van der Waals surface area contributed by atoms with E-state index in [0.717, 1.165) is 25.8 Å². The highest BCUT2D eigenvalue weighted by atomic mass is 16.5. The van der Waals surface area contributed by atoms with Crippen LogP contribution in [-0.2, 0) is 9.53 Å². The summed E-state index contributed by atoms with van der Waals surface area (Å²) >= 11 is 0. The second-order valence-electron chi connectivity index (χ2n) is 8.67. The molecule has 4 rings (SSSR count). The summed E-state index contributed by atoms with van der Waals surface area (Å²) in [7, 11) is 0. The summed E-state index contributed by atoms with van der Waals surface area (Å²) in [6.45, 7) is 5.80. The van der Waals surface area contributed by atoms with Gasteiger partial charge in [0.25, 0.3) is 0 Å². The third-order valence-electron chi connectivity index (χ3n) is 7.49. The van der Waals surface area contributed by atoms with E-state index in [1.54, 1.807) is 0 Å². The molecule has 1 saturated carbocycles. The lowest BCUT2D eigenvalue weighted by Crippen LogP contribution is -2.75. The summed E-state index contributed by atoms with van der Waals surface area (Å²) in [6, 6.07) is 10.7. The molecule has 0 spiro atoms. The molecule has 1 saturated heterocycles. The number of ether oxygens (including phenoxy) is 1. The zero-order valence-corrected chi connectivity index (χ0v) is 16.5. The van der Waals surface area contributed by atoms with Gasteiger partial charge in [-0.3, -0.25) is 9.69 Å². The van der Waals surface area contributed by atoms with Gasteiger partial charge in [-0.15, -0.1) is 0 Å². The highest BCUT2D eigenvalue weighted by molar-refractivity contribution is 5.80. The van der Waals surface area contributed by atoms with E-state index in [9.17, 15) is 9.90 Å². The fourth-order valence-electron chi connectivity index (χ4n) is 5.99. The van der Waals surface area contributed by atoms with E-state index in [4.69, 9.17) is 4.74 Å². The molecule has 1 N–H and O–H groups in total. The maximum atomic E-state index is 13.3. The van der Waals surface area contributed by atoms with Gasteiger partial charge >= 0.3 is 5.97 Å². The van der Waals surface area contributed by atoms with Gasteiger partial charge in [0.15, 0.2) is 0 Å². The normalized spacial score (nSPS) is 36.7. The first-order valence-corrected chi connectivity index (χ1v) is 10.3. The van der Waals surface area contributed by atoms with Gasteiger partial charge in [-0.2, -0.15) is 0 Å². The fourth-order valence-corrected chi connectivity index (χ4v) is 5.99. The molecule has 27 heavy (non-hydrogen) atoms. The van der Waals surface area contributed by atoms with Gasteiger partial charge in [0, 0.05) is 24.5 Å². The minimum absolute atomic E-state index is 0.199. The first kappa shape index (κ1) is 18.7. The van der Waals surface area contributed by atoms with Crippen molar-refractivity contribution in [3.8, 4) is 0 Å². The monoisotopic (exact) mass is 369 g/mol. The van der Waals surface area contributed by atoms with Crippen LogP contribution in [0.25, 0.3) is 0 Å². The van der Waals surface area contributed by atoms with E-state index in [-0.39, 0.29) is 17.4 Å². The number of piperidine rings is 1. The lowest BCUT2D eigenvalue weighted by Gasteiger charge is -2.66. The van der Waals surface area contributed by atoms with E-state index >= 15 is 0 Å². The van der Waals surface area contributed by atoms with Crippen LogP contribution in [0.3, 0.4) is 0 Å². The maximum Gasteiger partial charge on any atom is 0.316 e. The largest absolute Gasteiger partial charge is 0.465 e. The Morgan fingerprint density at radius 1 is 1.19 bits per heavy atom. The van der Waals surface area contributed by atoms with E-state index in [1.165, 1.54) is 5.56 Å². The van der Waals surface area contributed by atoms with Crippen LogP contribution in [0.4, 0.5) is 0 Å². The highest BCUT2D eigenvalue weighted by Crippen LogP contribution is 2.63. The fraction of sp³-hybridized carbons (Fsp3) is 0.609. The van der Waals surface area contributed by atoms with Gasteiger partial charge in [0.05, 0.1) is 12.2 Å². The van der Waals surface area contributed by atoms with Crippen LogP contribution in [-0.4, -0.2) is 41.3 Å². The molecule has 0 aromatic heterocycles. The number of aliphatic hydroxyl groups is 1. The van der Waals surface area contributed by atoms with Gasteiger partial charge in [0.1, 0.15) is 5.41 Å². The van der Waals surface area contributed by atoms with Gasteiger partial charge in [-0.1, -0.05) is 48.9 Å². The molecule has 0 radical (unpaired) electrons. The number of esters is 1. The van der Waals surface area contributed by atoms with Crippen LogP contribution in [0, 0.1) is 10.8 Å². The van der Waals surface area contributed by atoms with Crippen molar-refractivity contribution in [2.24, 2.45) is 10.8 Å². The average molecular weight is 370 g/mol. The minimum Gasteiger partial charge on any atom is -0.465 e. The maximum absolute atomic E-state index is 13.3. The molecule has 1 aromatic carbocycles. The van der Waals surface area contributed by atoms with Crippen LogP contribution < -0.4 is 0 Å². The number of allylic oxidation sites excluding steroid dienone is 1. The predicted octanol–water partition coefficient (Wildman–Crippen LogP) is 3.86. The molecule has 1 aromatic rings. The molecule has 1 heterocycles. The molecule has 0 amide bonds. The third kappa shape index (κ3) is 2.60. The summed E-state index contributed by atoms with van der Waals surface area (Å²) in [5, 5.41) is 12.0. The molecular formula is C23H31NO3. The number of likely N-dealkylation sites (tertiary alicyclic amines) is 1. The lowest BCUT2D eigenvalue weighted by molar-refractivity contribution is -0.254. The molecule has 2 bridgehead atoms. The van der Waals surface area contributed by atoms with Gasteiger partial charge in [-0.25, -0.2) is 0 Å². The van der Waals surface area contributed by atoms with Gasteiger partial charge in [0.2, 0.25) is 0 Å². The summed E-state index contributed by atoms with van der Waals surface area (Å²) in [4.78, 5) is 15.7. The van der Waals surface area contributed by atoms with Crippen molar-refractivity contribution in [1.29, 1.82) is 0 Å². The Bertz CT molecular complexity index is 732. The van der Waals surface area contributed by atoms with E-state index in [2.05, 4.69) is 48.2 Å². The van der Waals surface area contributed by atoms with Crippen LogP contribution in [0.1, 0.15) is 57.6 Å². The van der Waals surface area contributed by atoms with Gasteiger partial charge < -0.3 is 9.84 Å². The zero-order valence-electron chi connectivity index (χ0n) is 16.5. The van der Waals surface area contributed by atoms with Crippen molar-refractivity contribution in [2.45, 2.75) is 57.6 Å². The smallest absolute Gasteiger partial charge is 0.316 e. The highest BCUT2D eigenvalue weighted by Gasteiger charge is 2.71. The molecule has 4 nitrogen and oxygen atoms in total. The van der Waals surface area contributed by atoms with E-state index < -0.39 is 11.0 Å². The quantitative estimate of drug-likeness (QED) is 0.647. The Hall–Kier alpha value is -1.65. The molecule has 1 aliphatic heterocycles. The molecule has 3 aliphatic rings. The summed E-state index contributed by atoms with van der Waals surface area (Å²) in [5.41, 5.74) is -0.865. The number of carbonyl (C=O) groups is 1. The topological polar surface area (TPSA) is 49.8 Å². The van der Waals surface area contributed by atoms with Crippen molar-refractivity contribution in [1.82, 2.24) is 4.90 Å². The standard InChI is InChI=1S/C23H31NO3/c1-3-27-20(25)22-14-9-13-21(12-7-8-15-23(21,22)26)16-24(17-22)18(2)19-10-5-4-6-11-19/h4-8,10-11,18,26H,3,9,12-17H2,1-2H3/t18-,21+,22+,23+/m0/s1. The number of hydrogen-bond acceptors (Lipinski definition) is 4. The van der Waals surface area contributed by atoms with Crippen molar-refractivity contribution >= 4 is 5.97 Å². The first-order chi connectivity index (χ1) is 13.0. The number of benzene rings is 1. The number of rotatable bonds is 4. The summed E-state index contributed by atoms with van der Waals surface area (Å²) in [5.74, 6) is -0.211. The van der Waals surface area contributed by atoms with Crippen LogP contribution in [0.5, 0.6) is 0 Å². The average Bonchev–Trinajstić information content (AvgIpc) is 2.67. The molecule has 4 heteroatoms. The Morgan fingerprint density at radius 2 is 1.93 bits per heavy atom. The molecule has 4 atom stereocenters. The van der Waals surface area contributed by atoms with Crippen molar-refractivity contribution in [3.63, 3.8) is 0 Å². The van der Waals surface area contributed by atoms with E-state index in [1.807, 2.05) is 13.0 Å². The predicted molar refractivity (Wildman–Crippen MR) is 105 cm³/mol. The second-order valence-corrected chi connectivity index (χ2v) is 8.67. The molecule has 146 valence electrons. The summed E-state index contributed by atoms with van der Waals surface area (Å²) < 4.78 is 5.55. The van der Waals surface area contributed by atoms with Crippen LogP contribution in [0.15, 0.2) is 42.5 Å². The van der Waals surface area contributed by atoms with Crippen LogP contribution in [0.2, 0.25) is 0 Å². The van der Waals surface area contributed by atoms with E-state index in [0.29, 0.717) is 26.0 Å². The third-order valence-corrected chi connectivity index (χ3v) is 7.49. The minimum atomic E-state index is -1.01. The second kappa shape index (κ2) is 6.75. The van der Waals surface area contributed by atoms with Crippen molar-refractivity contribution in [3.05, 3.63) is 48.0 Å². The molecule has 2 aliphatic carbocycles. The Balaban J connectivity index is 1.77. The van der Waals surface area contributed by atoms with Crippen LogP contribution >= 0.6 is 0 Å². The Kier molecular flexibility index (Phi) is 4.68. The number of hydrogen-bond donors (Lipinski definition) is 1. The molecule has 0 unspecified atom stereocenters.